The molecule has 0 radical (unpaired) electrons. The Hall–Kier alpha value is -0.900. The molecule has 0 saturated carbocycles. The molecule has 3 heteroatoms. The number of benzene rings is 1. The summed E-state index contributed by atoms with van der Waals surface area (Å²) in [6.45, 7) is 8.49. The molecule has 3 nitrogen and oxygen atoms in total. The monoisotopic (exact) mass is 251 g/mol. The number of likely N-dealkylation sites (N-methyl/N-ethyl adjacent to an activating group) is 1. The largest absolute Gasteiger partial charge is 0.395 e. The van der Waals surface area contributed by atoms with Gasteiger partial charge >= 0.3 is 0 Å². The average Bonchev–Trinajstić information content (AvgIpc) is 2.38. The molecule has 18 heavy (non-hydrogen) atoms. The topological polar surface area (TPSA) is 43.7 Å². The highest BCUT2D eigenvalue weighted by Gasteiger charge is 2.12. The lowest BCUT2D eigenvalue weighted by Gasteiger charge is -2.23. The van der Waals surface area contributed by atoms with Crippen molar-refractivity contribution in [1.29, 1.82) is 0 Å². The van der Waals surface area contributed by atoms with E-state index in [0.717, 1.165) is 12.1 Å². The highest BCUT2D eigenvalue weighted by Crippen LogP contribution is 2.19. The van der Waals surface area contributed by atoms with Crippen LogP contribution < -0.4 is 0 Å². The van der Waals surface area contributed by atoms with Crippen LogP contribution >= 0.6 is 0 Å². The molecule has 2 N–H and O–H groups in total. The first-order valence-corrected chi connectivity index (χ1v) is 6.69. The summed E-state index contributed by atoms with van der Waals surface area (Å²) in [5.74, 6) is 0.512. The van der Waals surface area contributed by atoms with Gasteiger partial charge in [0.1, 0.15) is 0 Å². The van der Waals surface area contributed by atoms with Crippen LogP contribution in [0.3, 0.4) is 0 Å². The van der Waals surface area contributed by atoms with Crippen molar-refractivity contribution in [2.75, 3.05) is 26.2 Å². The summed E-state index contributed by atoms with van der Waals surface area (Å²) >= 11 is 0. The van der Waals surface area contributed by atoms with Crippen LogP contribution in [0.25, 0.3) is 0 Å². The van der Waals surface area contributed by atoms with E-state index in [-0.39, 0.29) is 6.61 Å². The maximum atomic E-state index is 10.2. The first-order chi connectivity index (χ1) is 8.58. The third kappa shape index (κ3) is 4.41. The fourth-order valence-corrected chi connectivity index (χ4v) is 1.97. The molecule has 0 heterocycles. The first kappa shape index (κ1) is 15.2. The van der Waals surface area contributed by atoms with Crippen LogP contribution in [0.5, 0.6) is 0 Å². The molecule has 1 rings (SSSR count). The Kier molecular flexibility index (Phi) is 6.33. The Bertz CT molecular complexity index is 335. The number of hydrogen-bond acceptors (Lipinski definition) is 3. The molecule has 1 unspecified atom stereocenters. The van der Waals surface area contributed by atoms with Crippen molar-refractivity contribution in [3.8, 4) is 0 Å². The normalized spacial score (nSPS) is 13.3. The highest BCUT2D eigenvalue weighted by molar-refractivity contribution is 5.26. The van der Waals surface area contributed by atoms with Crippen LogP contribution in [0.1, 0.15) is 43.9 Å². The lowest BCUT2D eigenvalue weighted by atomic mass is 10.00. The quantitative estimate of drug-likeness (QED) is 0.780. The molecule has 0 spiro atoms. The Morgan fingerprint density at radius 1 is 1.11 bits per heavy atom. The van der Waals surface area contributed by atoms with Gasteiger partial charge in [0.15, 0.2) is 0 Å². The van der Waals surface area contributed by atoms with Gasteiger partial charge in [0.05, 0.1) is 12.7 Å². The van der Waals surface area contributed by atoms with Gasteiger partial charge in [0, 0.05) is 13.1 Å². The maximum absolute atomic E-state index is 10.2. The van der Waals surface area contributed by atoms with Gasteiger partial charge in [-0.25, -0.2) is 0 Å². The molecule has 0 fully saturated rings. The van der Waals surface area contributed by atoms with E-state index in [4.69, 9.17) is 5.11 Å². The van der Waals surface area contributed by atoms with Crippen molar-refractivity contribution in [3.05, 3.63) is 35.4 Å². The SMILES string of the molecule is CCN(CCO)CC(O)c1ccc(C(C)C)cc1. The number of nitrogens with zero attached hydrogens (tertiary/aromatic N) is 1. The van der Waals surface area contributed by atoms with Gasteiger partial charge in [0.25, 0.3) is 0 Å². The zero-order valence-corrected chi connectivity index (χ0v) is 11.6. The van der Waals surface area contributed by atoms with E-state index in [1.807, 2.05) is 24.0 Å². The molecule has 1 atom stereocenters. The Morgan fingerprint density at radius 3 is 2.11 bits per heavy atom. The number of aliphatic hydroxyl groups excluding tert-OH is 2. The van der Waals surface area contributed by atoms with E-state index in [2.05, 4.69) is 26.0 Å². The summed E-state index contributed by atoms with van der Waals surface area (Å²) in [6.07, 6.45) is -0.488. The lowest BCUT2D eigenvalue weighted by Crippen LogP contribution is -2.31. The second-order valence-corrected chi connectivity index (χ2v) is 4.95. The molecule has 0 amide bonds. The molecular formula is C15H25NO2. The van der Waals surface area contributed by atoms with Gasteiger partial charge in [-0.2, -0.15) is 0 Å². The molecule has 0 bridgehead atoms. The Balaban J connectivity index is 2.63. The average molecular weight is 251 g/mol. The van der Waals surface area contributed by atoms with E-state index in [9.17, 15) is 5.11 Å². The predicted octanol–water partition coefficient (Wildman–Crippen LogP) is 2.16. The van der Waals surface area contributed by atoms with E-state index < -0.39 is 6.10 Å². The van der Waals surface area contributed by atoms with Gasteiger partial charge < -0.3 is 10.2 Å². The van der Waals surface area contributed by atoms with Crippen molar-refractivity contribution < 1.29 is 10.2 Å². The van der Waals surface area contributed by atoms with E-state index >= 15 is 0 Å². The predicted molar refractivity (Wildman–Crippen MR) is 74.7 cm³/mol. The van der Waals surface area contributed by atoms with E-state index in [1.54, 1.807) is 0 Å². The standard InChI is InChI=1S/C15H25NO2/c1-4-16(9-10-17)11-15(18)14-7-5-13(6-8-14)12(2)3/h5-8,12,15,17-18H,4,9-11H2,1-3H3. The second-order valence-electron chi connectivity index (χ2n) is 4.95. The fourth-order valence-electron chi connectivity index (χ4n) is 1.97. The van der Waals surface area contributed by atoms with Crippen molar-refractivity contribution >= 4 is 0 Å². The van der Waals surface area contributed by atoms with Crippen molar-refractivity contribution in [2.24, 2.45) is 0 Å². The Labute approximate surface area is 110 Å². The third-order valence-electron chi connectivity index (χ3n) is 3.28. The molecular weight excluding hydrogens is 226 g/mol. The minimum absolute atomic E-state index is 0.132. The number of aliphatic hydroxyl groups is 2. The minimum atomic E-state index is -0.488. The summed E-state index contributed by atoms with van der Waals surface area (Å²) in [6, 6.07) is 8.14. The molecule has 1 aromatic carbocycles. The molecule has 0 aromatic heterocycles. The fraction of sp³-hybridized carbons (Fsp3) is 0.600. The molecule has 0 aliphatic carbocycles. The van der Waals surface area contributed by atoms with Crippen LogP contribution in [-0.4, -0.2) is 41.4 Å². The van der Waals surface area contributed by atoms with Crippen molar-refractivity contribution in [1.82, 2.24) is 4.90 Å². The molecule has 0 aliphatic rings. The maximum Gasteiger partial charge on any atom is 0.0916 e. The molecule has 102 valence electrons. The highest BCUT2D eigenvalue weighted by atomic mass is 16.3. The summed E-state index contributed by atoms with van der Waals surface area (Å²) in [5.41, 5.74) is 2.23. The summed E-state index contributed by atoms with van der Waals surface area (Å²) in [5, 5.41) is 19.1. The summed E-state index contributed by atoms with van der Waals surface area (Å²) < 4.78 is 0. The zero-order chi connectivity index (χ0) is 13.5. The smallest absolute Gasteiger partial charge is 0.0916 e. The van der Waals surface area contributed by atoms with Gasteiger partial charge in [-0.1, -0.05) is 45.0 Å². The third-order valence-corrected chi connectivity index (χ3v) is 3.28. The van der Waals surface area contributed by atoms with Crippen LogP contribution in [0.2, 0.25) is 0 Å². The second kappa shape index (κ2) is 7.52. The van der Waals surface area contributed by atoms with E-state index in [1.165, 1.54) is 5.56 Å². The van der Waals surface area contributed by atoms with Crippen LogP contribution in [0.15, 0.2) is 24.3 Å². The van der Waals surface area contributed by atoms with Gasteiger partial charge in [-0.05, 0) is 23.6 Å². The summed E-state index contributed by atoms with van der Waals surface area (Å²) in [4.78, 5) is 2.04. The van der Waals surface area contributed by atoms with Crippen LogP contribution in [0.4, 0.5) is 0 Å². The zero-order valence-electron chi connectivity index (χ0n) is 11.6. The summed E-state index contributed by atoms with van der Waals surface area (Å²) in [7, 11) is 0. The van der Waals surface area contributed by atoms with Crippen LogP contribution in [-0.2, 0) is 0 Å². The molecule has 0 aliphatic heterocycles. The van der Waals surface area contributed by atoms with Gasteiger partial charge in [-0.3, -0.25) is 4.90 Å². The minimum Gasteiger partial charge on any atom is -0.395 e. The lowest BCUT2D eigenvalue weighted by molar-refractivity contribution is 0.103. The Morgan fingerprint density at radius 2 is 1.67 bits per heavy atom. The van der Waals surface area contributed by atoms with Crippen LogP contribution in [0, 0.1) is 0 Å². The first-order valence-electron chi connectivity index (χ1n) is 6.69. The van der Waals surface area contributed by atoms with Crippen molar-refractivity contribution in [2.45, 2.75) is 32.8 Å². The van der Waals surface area contributed by atoms with Gasteiger partial charge in [0.2, 0.25) is 0 Å². The van der Waals surface area contributed by atoms with Crippen molar-refractivity contribution in [3.63, 3.8) is 0 Å². The number of rotatable bonds is 7. The molecule has 0 saturated heterocycles. The number of hydrogen-bond donors (Lipinski definition) is 2. The van der Waals surface area contributed by atoms with E-state index in [0.29, 0.717) is 19.0 Å². The van der Waals surface area contributed by atoms with Gasteiger partial charge in [-0.15, -0.1) is 0 Å². The molecule has 1 aromatic rings.